The van der Waals surface area contributed by atoms with Crippen molar-refractivity contribution < 1.29 is 28.9 Å². The number of rotatable bonds is 7. The number of hydrogen-bond acceptors (Lipinski definition) is 6. The summed E-state index contributed by atoms with van der Waals surface area (Å²) in [6.07, 6.45) is 1.79. The van der Waals surface area contributed by atoms with Gasteiger partial charge in [-0.1, -0.05) is 54.6 Å². The largest absolute Gasteiger partial charge is 0.507 e. The predicted molar refractivity (Wildman–Crippen MR) is 141 cm³/mol. The lowest BCUT2D eigenvalue weighted by atomic mass is 9.84. The lowest BCUT2D eigenvalue weighted by molar-refractivity contribution is -0.135. The van der Waals surface area contributed by atoms with E-state index in [-0.39, 0.29) is 35.2 Å². The van der Waals surface area contributed by atoms with E-state index >= 15 is 0 Å². The van der Waals surface area contributed by atoms with Crippen molar-refractivity contribution in [3.05, 3.63) is 118 Å². The van der Waals surface area contributed by atoms with E-state index in [0.717, 1.165) is 30.8 Å². The van der Waals surface area contributed by atoms with Crippen LogP contribution >= 0.6 is 0 Å². The van der Waals surface area contributed by atoms with Gasteiger partial charge in [-0.15, -0.1) is 0 Å². The summed E-state index contributed by atoms with van der Waals surface area (Å²) in [5.74, 6) is 0.681. The number of hydrogen-bond donors (Lipinski definition) is 1. The molecule has 0 saturated heterocycles. The van der Waals surface area contributed by atoms with Crippen LogP contribution in [0.5, 0.6) is 23.0 Å². The number of ether oxygens (including phenoxy) is 3. The van der Waals surface area contributed by atoms with Gasteiger partial charge in [-0.25, -0.2) is 0 Å². The Morgan fingerprint density at radius 2 is 1.74 bits per heavy atom. The molecule has 1 N–H and O–H groups in total. The van der Waals surface area contributed by atoms with E-state index in [4.69, 9.17) is 14.2 Å². The van der Waals surface area contributed by atoms with E-state index in [1.165, 1.54) is 17.2 Å². The fourth-order valence-electron chi connectivity index (χ4n) is 5.14. The van der Waals surface area contributed by atoms with E-state index in [0.29, 0.717) is 23.5 Å². The van der Waals surface area contributed by atoms with Gasteiger partial charge in [0.25, 0.3) is 0 Å². The van der Waals surface area contributed by atoms with Gasteiger partial charge in [0.2, 0.25) is 0 Å². The Kier molecular flexibility index (Phi) is 6.30. The zero-order valence-electron chi connectivity index (χ0n) is 20.7. The molecule has 2 heterocycles. The summed E-state index contributed by atoms with van der Waals surface area (Å²) in [6.45, 7) is 1.27. The first-order valence-corrected chi connectivity index (χ1v) is 12.7. The highest BCUT2D eigenvalue weighted by Gasteiger charge is 2.33. The van der Waals surface area contributed by atoms with Crippen LogP contribution in [0.25, 0.3) is 0 Å². The molecule has 0 spiro atoms. The molecule has 6 nitrogen and oxygen atoms in total. The van der Waals surface area contributed by atoms with Crippen LogP contribution in [0.1, 0.15) is 50.5 Å². The summed E-state index contributed by atoms with van der Waals surface area (Å²) < 4.78 is 16.9. The van der Waals surface area contributed by atoms with Crippen LogP contribution in [-0.2, 0) is 17.6 Å². The van der Waals surface area contributed by atoms with Crippen molar-refractivity contribution in [2.75, 3.05) is 13.2 Å². The van der Waals surface area contributed by atoms with Gasteiger partial charge in [0.05, 0.1) is 25.2 Å². The monoisotopic (exact) mass is 506 g/mol. The summed E-state index contributed by atoms with van der Waals surface area (Å²) in [6, 6.07) is 25.6. The molecule has 0 fully saturated rings. The molecule has 6 heteroatoms. The Morgan fingerprint density at radius 1 is 0.947 bits per heavy atom. The van der Waals surface area contributed by atoms with Gasteiger partial charge in [-0.3, -0.25) is 9.59 Å². The lowest BCUT2D eigenvalue weighted by Gasteiger charge is -2.26. The second-order valence-corrected chi connectivity index (χ2v) is 9.51. The molecule has 4 aromatic rings. The molecule has 1 unspecified atom stereocenters. The molecule has 38 heavy (non-hydrogen) atoms. The molecule has 0 radical (unpaired) electrons. The van der Waals surface area contributed by atoms with E-state index in [1.807, 2.05) is 36.4 Å². The Morgan fingerprint density at radius 3 is 2.55 bits per heavy atom. The van der Waals surface area contributed by atoms with Gasteiger partial charge in [0.15, 0.2) is 5.78 Å². The molecule has 2 aliphatic rings. The molecule has 6 rings (SSSR count). The Balaban J connectivity index is 1.20. The minimum atomic E-state index is -0.447. The van der Waals surface area contributed by atoms with Crippen molar-refractivity contribution in [1.82, 2.24) is 0 Å². The molecule has 0 saturated carbocycles. The van der Waals surface area contributed by atoms with Crippen LogP contribution < -0.4 is 14.2 Å². The van der Waals surface area contributed by atoms with E-state index in [9.17, 15) is 14.7 Å². The zero-order valence-corrected chi connectivity index (χ0v) is 20.7. The number of carbonyl (C=O) groups excluding carboxylic acids is 2. The van der Waals surface area contributed by atoms with Crippen molar-refractivity contribution in [3.63, 3.8) is 0 Å². The van der Waals surface area contributed by atoms with E-state index in [1.54, 1.807) is 30.3 Å². The van der Waals surface area contributed by atoms with Crippen LogP contribution in [0.15, 0.2) is 84.9 Å². The first-order valence-electron chi connectivity index (χ1n) is 12.7. The molecule has 1 atom stereocenters. The summed E-state index contributed by atoms with van der Waals surface area (Å²) in [5, 5.41) is 11.2. The average Bonchev–Trinajstić information content (AvgIpc) is 3.41. The van der Waals surface area contributed by atoms with Crippen molar-refractivity contribution in [2.24, 2.45) is 0 Å². The first-order chi connectivity index (χ1) is 18.6. The number of phenolic OH excluding ortho intramolecular Hbond substituents is 1. The lowest BCUT2D eigenvalue weighted by Crippen LogP contribution is -2.22. The number of carbonyl (C=O) groups is 2. The number of phenols is 1. The van der Waals surface area contributed by atoms with Crippen LogP contribution in [0.3, 0.4) is 0 Å². The Labute approximate surface area is 220 Å². The third-order valence-electron chi connectivity index (χ3n) is 7.10. The van der Waals surface area contributed by atoms with Gasteiger partial charge >= 0.3 is 5.97 Å². The number of ketones is 1. The van der Waals surface area contributed by atoms with Crippen LogP contribution in [0, 0.1) is 0 Å². The first kappa shape index (κ1) is 23.8. The molecule has 190 valence electrons. The second-order valence-electron chi connectivity index (χ2n) is 9.51. The molecule has 0 amide bonds. The topological polar surface area (TPSA) is 82.1 Å². The highest BCUT2D eigenvalue weighted by Crippen LogP contribution is 2.45. The fourth-order valence-corrected chi connectivity index (χ4v) is 5.14. The second kappa shape index (κ2) is 10.1. The van der Waals surface area contributed by atoms with Gasteiger partial charge in [-0.2, -0.15) is 0 Å². The Bertz CT molecular complexity index is 1510. The minimum absolute atomic E-state index is 0.0613. The fraction of sp³-hybridized carbons (Fsp3) is 0.188. The van der Waals surface area contributed by atoms with Crippen LogP contribution in [0.4, 0.5) is 0 Å². The quantitative estimate of drug-likeness (QED) is 0.199. The average molecular weight is 507 g/mol. The maximum Gasteiger partial charge on any atom is 0.312 e. The van der Waals surface area contributed by atoms with Crippen molar-refractivity contribution in [1.29, 1.82) is 0 Å². The molecular weight excluding hydrogens is 480 g/mol. The van der Waals surface area contributed by atoms with Crippen molar-refractivity contribution in [2.45, 2.75) is 25.2 Å². The summed E-state index contributed by atoms with van der Waals surface area (Å²) >= 11 is 0. The SMILES string of the molecule is O=C1CC(c2ccc(OCCc3ccc4c(c3)CCO4)cc2)c2c(ccc(C(=O)c3ccccc3)c2O)O1. The summed E-state index contributed by atoms with van der Waals surface area (Å²) in [4.78, 5) is 25.4. The standard InChI is InChI=1S/C32H26O6/c33-29-19-26(30-28(38-29)13-11-25(32(30)35)31(34)22-4-2-1-3-5-22)21-7-9-24(10-8-21)36-16-14-20-6-12-27-23(18-20)15-17-37-27/h1-13,18,26,35H,14-17,19H2. The van der Waals surface area contributed by atoms with Gasteiger partial charge in [-0.05, 0) is 47.0 Å². The molecule has 0 bridgehead atoms. The number of aromatic hydroxyl groups is 1. The molecule has 2 aliphatic heterocycles. The maximum atomic E-state index is 13.1. The number of fused-ring (bicyclic) bond motifs is 2. The zero-order chi connectivity index (χ0) is 26.1. The summed E-state index contributed by atoms with van der Waals surface area (Å²) in [5.41, 5.74) is 4.38. The number of esters is 1. The molecule has 4 aromatic carbocycles. The van der Waals surface area contributed by atoms with Gasteiger partial charge in [0.1, 0.15) is 23.0 Å². The van der Waals surface area contributed by atoms with Crippen LogP contribution in [-0.4, -0.2) is 30.1 Å². The van der Waals surface area contributed by atoms with Crippen LogP contribution in [0.2, 0.25) is 0 Å². The van der Waals surface area contributed by atoms with E-state index in [2.05, 4.69) is 12.1 Å². The van der Waals surface area contributed by atoms with Crippen molar-refractivity contribution >= 4 is 11.8 Å². The predicted octanol–water partition coefficient (Wildman–Crippen LogP) is 5.62. The van der Waals surface area contributed by atoms with E-state index < -0.39 is 5.92 Å². The Hall–Kier alpha value is -4.58. The van der Waals surface area contributed by atoms with Crippen molar-refractivity contribution in [3.8, 4) is 23.0 Å². The summed E-state index contributed by atoms with van der Waals surface area (Å²) in [7, 11) is 0. The minimum Gasteiger partial charge on any atom is -0.507 e. The maximum absolute atomic E-state index is 13.1. The van der Waals surface area contributed by atoms with Gasteiger partial charge < -0.3 is 19.3 Å². The number of benzene rings is 4. The molecule has 0 aliphatic carbocycles. The third-order valence-corrected chi connectivity index (χ3v) is 7.10. The smallest absolute Gasteiger partial charge is 0.312 e. The highest BCUT2D eigenvalue weighted by atomic mass is 16.5. The normalized spacial score (nSPS) is 15.7. The molecule has 0 aromatic heterocycles. The van der Waals surface area contributed by atoms with Gasteiger partial charge in [0, 0.05) is 29.9 Å². The third kappa shape index (κ3) is 4.61. The highest BCUT2D eigenvalue weighted by molar-refractivity contribution is 6.11. The molecular formula is C32H26O6.